The van der Waals surface area contributed by atoms with Crippen molar-refractivity contribution in [1.29, 1.82) is 0 Å². The van der Waals surface area contributed by atoms with Crippen molar-refractivity contribution in [2.45, 2.75) is 13.0 Å². The molecular weight excluding hydrogens is 214 g/mol. The smallest absolute Gasteiger partial charge is 0.326 e. The standard InChI is InChI=1S/C10H12ClN3O/c11-7-2-3-9-8(6-7)13-10(15)14(9)5-1-4-12/h2-3,6H,1,4-5,12H2,(H,13,15). The molecule has 0 fully saturated rings. The van der Waals surface area contributed by atoms with Gasteiger partial charge >= 0.3 is 5.69 Å². The summed E-state index contributed by atoms with van der Waals surface area (Å²) < 4.78 is 1.68. The first-order valence-electron chi connectivity index (χ1n) is 4.80. The summed E-state index contributed by atoms with van der Waals surface area (Å²) in [5, 5.41) is 0.620. The Morgan fingerprint density at radius 3 is 3.00 bits per heavy atom. The maximum absolute atomic E-state index is 11.6. The molecule has 0 radical (unpaired) electrons. The number of nitrogens with zero attached hydrogens (tertiary/aromatic N) is 1. The summed E-state index contributed by atoms with van der Waals surface area (Å²) in [7, 11) is 0. The summed E-state index contributed by atoms with van der Waals surface area (Å²) in [6.07, 6.45) is 0.787. The minimum absolute atomic E-state index is 0.110. The number of aryl methyl sites for hydroxylation is 1. The van der Waals surface area contributed by atoms with E-state index in [0.29, 0.717) is 18.1 Å². The van der Waals surface area contributed by atoms with Crippen molar-refractivity contribution in [3.63, 3.8) is 0 Å². The van der Waals surface area contributed by atoms with Crippen LogP contribution in [0.1, 0.15) is 6.42 Å². The number of rotatable bonds is 3. The van der Waals surface area contributed by atoms with Crippen LogP contribution in [0.5, 0.6) is 0 Å². The molecule has 0 aliphatic carbocycles. The van der Waals surface area contributed by atoms with Gasteiger partial charge in [0.2, 0.25) is 0 Å². The van der Waals surface area contributed by atoms with Gasteiger partial charge in [0.1, 0.15) is 0 Å². The molecule has 2 rings (SSSR count). The van der Waals surface area contributed by atoms with E-state index in [1.165, 1.54) is 0 Å². The number of nitrogens with two attached hydrogens (primary N) is 1. The fraction of sp³-hybridized carbons (Fsp3) is 0.300. The van der Waals surface area contributed by atoms with Crippen LogP contribution >= 0.6 is 11.6 Å². The van der Waals surface area contributed by atoms with E-state index >= 15 is 0 Å². The second kappa shape index (κ2) is 4.08. The molecule has 80 valence electrons. The van der Waals surface area contributed by atoms with E-state index in [-0.39, 0.29) is 5.69 Å². The number of benzene rings is 1. The first-order chi connectivity index (χ1) is 7.22. The highest BCUT2D eigenvalue weighted by atomic mass is 35.5. The Labute approximate surface area is 91.7 Å². The van der Waals surface area contributed by atoms with E-state index in [2.05, 4.69) is 4.98 Å². The number of imidazole rings is 1. The Morgan fingerprint density at radius 2 is 2.27 bits per heavy atom. The maximum Gasteiger partial charge on any atom is 0.326 e. The Kier molecular flexibility index (Phi) is 2.79. The van der Waals surface area contributed by atoms with Crippen molar-refractivity contribution in [3.05, 3.63) is 33.7 Å². The third-order valence-electron chi connectivity index (χ3n) is 2.32. The van der Waals surface area contributed by atoms with Crippen molar-refractivity contribution in [2.75, 3.05) is 6.54 Å². The van der Waals surface area contributed by atoms with Crippen LogP contribution in [0.2, 0.25) is 5.02 Å². The van der Waals surface area contributed by atoms with E-state index in [1.54, 1.807) is 16.7 Å². The van der Waals surface area contributed by atoms with E-state index < -0.39 is 0 Å². The maximum atomic E-state index is 11.6. The van der Waals surface area contributed by atoms with Gasteiger partial charge in [-0.15, -0.1) is 0 Å². The molecule has 3 N–H and O–H groups in total. The minimum atomic E-state index is -0.110. The molecule has 0 atom stereocenters. The Balaban J connectivity index is 2.53. The predicted octanol–water partition coefficient (Wildman–Crippen LogP) is 1.33. The average Bonchev–Trinajstić information content (AvgIpc) is 2.50. The monoisotopic (exact) mass is 225 g/mol. The van der Waals surface area contributed by atoms with E-state index in [4.69, 9.17) is 17.3 Å². The van der Waals surface area contributed by atoms with Gasteiger partial charge in [-0.3, -0.25) is 4.57 Å². The molecule has 0 spiro atoms. The Morgan fingerprint density at radius 1 is 1.47 bits per heavy atom. The third-order valence-corrected chi connectivity index (χ3v) is 2.56. The zero-order valence-corrected chi connectivity index (χ0v) is 8.92. The first-order valence-corrected chi connectivity index (χ1v) is 5.18. The Hall–Kier alpha value is -1.26. The van der Waals surface area contributed by atoms with Gasteiger partial charge in [-0.05, 0) is 31.2 Å². The molecular formula is C10H12ClN3O. The van der Waals surface area contributed by atoms with Gasteiger partial charge < -0.3 is 10.7 Å². The second-order valence-corrected chi connectivity index (χ2v) is 3.82. The van der Waals surface area contributed by atoms with Crippen molar-refractivity contribution in [1.82, 2.24) is 9.55 Å². The molecule has 0 aliphatic heterocycles. The lowest BCUT2D eigenvalue weighted by Crippen LogP contribution is -2.18. The van der Waals surface area contributed by atoms with Crippen molar-refractivity contribution in [2.24, 2.45) is 5.73 Å². The quantitative estimate of drug-likeness (QED) is 0.828. The summed E-state index contributed by atoms with van der Waals surface area (Å²) in [5.74, 6) is 0. The fourth-order valence-corrected chi connectivity index (χ4v) is 1.78. The van der Waals surface area contributed by atoms with Crippen molar-refractivity contribution >= 4 is 22.6 Å². The molecule has 5 heteroatoms. The summed E-state index contributed by atoms with van der Waals surface area (Å²) in [6.45, 7) is 1.21. The van der Waals surface area contributed by atoms with Crippen LogP contribution in [0.25, 0.3) is 11.0 Å². The van der Waals surface area contributed by atoms with E-state index in [9.17, 15) is 4.79 Å². The number of H-pyrrole nitrogens is 1. The number of nitrogens with one attached hydrogen (secondary N) is 1. The molecule has 1 heterocycles. The molecule has 1 aromatic carbocycles. The van der Waals surface area contributed by atoms with Gasteiger partial charge in [-0.2, -0.15) is 0 Å². The lowest BCUT2D eigenvalue weighted by atomic mass is 10.3. The number of aromatic amines is 1. The highest BCUT2D eigenvalue weighted by Crippen LogP contribution is 2.16. The van der Waals surface area contributed by atoms with Gasteiger partial charge in [0.25, 0.3) is 0 Å². The molecule has 1 aromatic heterocycles. The summed E-state index contributed by atoms with van der Waals surface area (Å²) in [6, 6.07) is 5.36. The largest absolute Gasteiger partial charge is 0.330 e. The predicted molar refractivity (Wildman–Crippen MR) is 61.2 cm³/mol. The van der Waals surface area contributed by atoms with Crippen LogP contribution in [0.4, 0.5) is 0 Å². The normalized spacial score (nSPS) is 11.1. The Bertz CT molecular complexity index is 529. The molecule has 0 saturated heterocycles. The SMILES string of the molecule is NCCCn1c(=O)[nH]c2cc(Cl)ccc21. The summed E-state index contributed by atoms with van der Waals surface area (Å²) >= 11 is 5.83. The van der Waals surface area contributed by atoms with E-state index in [1.807, 2.05) is 6.07 Å². The molecule has 0 aliphatic rings. The lowest BCUT2D eigenvalue weighted by molar-refractivity contribution is 0.647. The zero-order chi connectivity index (χ0) is 10.8. The molecule has 0 unspecified atom stereocenters. The highest BCUT2D eigenvalue weighted by Gasteiger charge is 2.05. The first kappa shape index (κ1) is 10.3. The molecule has 0 amide bonds. The van der Waals surface area contributed by atoms with Gasteiger partial charge in [0, 0.05) is 11.6 Å². The third kappa shape index (κ3) is 1.91. The molecule has 2 aromatic rings. The van der Waals surface area contributed by atoms with Gasteiger partial charge in [0.05, 0.1) is 11.0 Å². The summed E-state index contributed by atoms with van der Waals surface area (Å²) in [4.78, 5) is 14.3. The van der Waals surface area contributed by atoms with Gasteiger partial charge in [0.15, 0.2) is 0 Å². The molecule has 0 saturated carbocycles. The number of fused-ring (bicyclic) bond motifs is 1. The average molecular weight is 226 g/mol. The molecule has 4 nitrogen and oxygen atoms in total. The highest BCUT2D eigenvalue weighted by molar-refractivity contribution is 6.31. The van der Waals surface area contributed by atoms with Gasteiger partial charge in [-0.25, -0.2) is 4.79 Å². The number of aromatic nitrogens is 2. The number of halogens is 1. The zero-order valence-electron chi connectivity index (χ0n) is 8.16. The lowest BCUT2D eigenvalue weighted by Gasteiger charge is -2.01. The van der Waals surface area contributed by atoms with Crippen LogP contribution < -0.4 is 11.4 Å². The topological polar surface area (TPSA) is 63.8 Å². The fourth-order valence-electron chi connectivity index (χ4n) is 1.61. The van der Waals surface area contributed by atoms with Crippen LogP contribution in [-0.2, 0) is 6.54 Å². The van der Waals surface area contributed by atoms with Gasteiger partial charge in [-0.1, -0.05) is 11.6 Å². The van der Waals surface area contributed by atoms with Crippen LogP contribution in [0.15, 0.2) is 23.0 Å². The molecule has 15 heavy (non-hydrogen) atoms. The second-order valence-electron chi connectivity index (χ2n) is 3.39. The summed E-state index contributed by atoms with van der Waals surface area (Å²) in [5.41, 5.74) is 6.95. The molecule has 0 bridgehead atoms. The van der Waals surface area contributed by atoms with Crippen molar-refractivity contribution in [3.8, 4) is 0 Å². The van der Waals surface area contributed by atoms with Crippen LogP contribution in [0, 0.1) is 0 Å². The number of hydrogen-bond donors (Lipinski definition) is 2. The van der Waals surface area contributed by atoms with Crippen LogP contribution in [0.3, 0.4) is 0 Å². The van der Waals surface area contributed by atoms with Crippen LogP contribution in [-0.4, -0.2) is 16.1 Å². The number of hydrogen-bond acceptors (Lipinski definition) is 2. The van der Waals surface area contributed by atoms with Crippen molar-refractivity contribution < 1.29 is 0 Å². The van der Waals surface area contributed by atoms with E-state index in [0.717, 1.165) is 17.5 Å². The minimum Gasteiger partial charge on any atom is -0.330 e.